The van der Waals surface area contributed by atoms with Crippen LogP contribution in [-0.4, -0.2) is 6.30 Å². The van der Waals surface area contributed by atoms with Gasteiger partial charge in [-0.25, -0.2) is 0 Å². The van der Waals surface area contributed by atoms with Crippen molar-refractivity contribution in [3.63, 3.8) is 0 Å². The first kappa shape index (κ1) is 23.4. The van der Waals surface area contributed by atoms with Crippen LogP contribution in [0.5, 0.6) is 0 Å². The van der Waals surface area contributed by atoms with E-state index in [4.69, 9.17) is 0 Å². The highest BCUT2D eigenvalue weighted by atomic mass is 31.2. The molecule has 0 fully saturated rings. The van der Waals surface area contributed by atoms with Gasteiger partial charge in [-0.3, -0.25) is 4.86 Å². The monoisotopic (exact) mass is 371 g/mol. The summed E-state index contributed by atoms with van der Waals surface area (Å²) in [4.78, 5) is 3.73. The molecule has 1 N–H and O–H groups in total. The van der Waals surface area contributed by atoms with Crippen molar-refractivity contribution in [1.82, 2.24) is 4.86 Å². The third kappa shape index (κ3) is 7.84. The van der Waals surface area contributed by atoms with Gasteiger partial charge >= 0.3 is 0 Å². The number of hydrogen-bond donors (Lipinski definition) is 1. The van der Waals surface area contributed by atoms with E-state index in [9.17, 15) is 0 Å². The second kappa shape index (κ2) is 13.6. The van der Waals surface area contributed by atoms with Gasteiger partial charge in [0.15, 0.2) is 0 Å². The van der Waals surface area contributed by atoms with Gasteiger partial charge in [0.25, 0.3) is 0 Å². The topological polar surface area (TPSA) is 12.0 Å². The Bertz CT molecular complexity index is 683. The Morgan fingerprint density at radius 3 is 1.96 bits per heavy atom. The summed E-state index contributed by atoms with van der Waals surface area (Å²) in [7, 11) is -1.60. The molecule has 2 unspecified atom stereocenters. The second-order valence-corrected chi connectivity index (χ2v) is 9.41. The normalized spacial score (nSPS) is 17.0. The van der Waals surface area contributed by atoms with Crippen LogP contribution in [0.2, 0.25) is 0 Å². The van der Waals surface area contributed by atoms with Crippen LogP contribution in [0.15, 0.2) is 109 Å². The van der Waals surface area contributed by atoms with Gasteiger partial charge in [0.1, 0.15) is 0 Å². The summed E-state index contributed by atoms with van der Waals surface area (Å²) in [6, 6.07) is 0. The van der Waals surface area contributed by atoms with Crippen LogP contribution < -0.4 is 4.86 Å². The van der Waals surface area contributed by atoms with E-state index in [-0.39, 0.29) is 0 Å². The average molecular weight is 371 g/mol. The van der Waals surface area contributed by atoms with Crippen LogP contribution in [0.25, 0.3) is 0 Å². The van der Waals surface area contributed by atoms with Crippen LogP contribution in [0.3, 0.4) is 0 Å². The second-order valence-electron chi connectivity index (χ2n) is 5.04. The van der Waals surface area contributed by atoms with Crippen molar-refractivity contribution in [2.45, 2.75) is 20.8 Å². The van der Waals surface area contributed by atoms with E-state index >= 15 is 0 Å². The lowest BCUT2D eigenvalue weighted by atomic mass is 10.4. The lowest BCUT2D eigenvalue weighted by Gasteiger charge is -2.29. The minimum absolute atomic E-state index is 0.421. The van der Waals surface area contributed by atoms with Crippen LogP contribution in [0.1, 0.15) is 20.8 Å². The van der Waals surface area contributed by atoms with E-state index in [1.807, 2.05) is 63.3 Å². The maximum absolute atomic E-state index is 4.63. The third-order valence-corrected chi connectivity index (χ3v) is 8.31. The van der Waals surface area contributed by atoms with E-state index < -0.39 is 7.04 Å². The predicted molar refractivity (Wildman–Crippen MR) is 125 cm³/mol. The van der Waals surface area contributed by atoms with Gasteiger partial charge in [-0.15, -0.1) is 0 Å². The summed E-state index contributed by atoms with van der Waals surface area (Å²) in [5.74, 6) is 0. The maximum atomic E-state index is 4.63. The zero-order chi connectivity index (χ0) is 19.1. The summed E-state index contributed by atoms with van der Waals surface area (Å²) in [5.41, 5.74) is 0. The highest BCUT2D eigenvalue weighted by Crippen LogP contribution is 2.60. The highest BCUT2D eigenvalue weighted by Gasteiger charge is 2.20. The summed E-state index contributed by atoms with van der Waals surface area (Å²) in [5, 5.41) is 3.51. The Morgan fingerprint density at radius 1 is 0.840 bits per heavy atom. The largest absolute Gasteiger partial charge is 0.267 e. The van der Waals surface area contributed by atoms with Crippen molar-refractivity contribution in [2.24, 2.45) is 0 Å². The minimum atomic E-state index is -2.02. The molecule has 25 heavy (non-hydrogen) atoms. The Morgan fingerprint density at radius 2 is 1.48 bits per heavy atom. The van der Waals surface area contributed by atoms with Crippen molar-refractivity contribution in [2.75, 3.05) is 0 Å². The molecule has 0 saturated carbocycles. The first-order valence-corrected chi connectivity index (χ1v) is 11.1. The fraction of sp³-hybridized carbons (Fsp3) is 0.136. The van der Waals surface area contributed by atoms with Crippen molar-refractivity contribution in [3.05, 3.63) is 109 Å². The highest BCUT2D eigenvalue weighted by molar-refractivity contribution is 7.84. The summed E-state index contributed by atoms with van der Waals surface area (Å²) >= 11 is 0. The summed E-state index contributed by atoms with van der Waals surface area (Å²) in [6.45, 7) is 17.5. The van der Waals surface area contributed by atoms with E-state index in [1.54, 1.807) is 6.08 Å². The predicted octanol–water partition coefficient (Wildman–Crippen LogP) is 7.47. The molecule has 0 aliphatic carbocycles. The van der Waals surface area contributed by atoms with Gasteiger partial charge in [0.05, 0.1) is 0 Å². The van der Waals surface area contributed by atoms with E-state index in [0.717, 1.165) is 5.31 Å². The first-order valence-electron chi connectivity index (χ1n) is 8.18. The number of rotatable bonds is 11. The van der Waals surface area contributed by atoms with E-state index in [2.05, 4.69) is 55.2 Å². The minimum Gasteiger partial charge on any atom is -0.267 e. The zero-order valence-electron chi connectivity index (χ0n) is 15.7. The molecule has 2 atom stereocenters. The van der Waals surface area contributed by atoms with Crippen molar-refractivity contribution in [1.29, 1.82) is 0 Å². The maximum Gasteiger partial charge on any atom is 0.00311 e. The molecule has 0 bridgehead atoms. The average Bonchev–Trinajstić information content (AvgIpc) is 2.60. The van der Waals surface area contributed by atoms with E-state index in [0.29, 0.717) is 8.73 Å². The quantitative estimate of drug-likeness (QED) is 0.293. The molecule has 134 valence electrons. The molecular weight excluding hydrogens is 340 g/mol. The number of allylic oxidation sites excluding steroid dienone is 15. The lowest BCUT2D eigenvalue weighted by Crippen LogP contribution is -2.04. The van der Waals surface area contributed by atoms with Gasteiger partial charge < -0.3 is 0 Å². The van der Waals surface area contributed by atoms with Gasteiger partial charge in [-0.1, -0.05) is 98.9 Å². The van der Waals surface area contributed by atoms with Gasteiger partial charge in [-0.05, 0) is 45.4 Å². The molecule has 0 radical (unpaired) electrons. The van der Waals surface area contributed by atoms with Gasteiger partial charge in [-0.2, -0.15) is 0 Å². The Hall–Kier alpha value is -1.65. The SMILES string of the molecule is C=C/C=C\C(=C/C)P(=C)(NPC(/C=C\C)=C/C=C)C(/C=C\C)=C/C=C. The summed E-state index contributed by atoms with van der Waals surface area (Å²) in [6.07, 6.45) is 28.5. The van der Waals surface area contributed by atoms with Crippen LogP contribution in [0, 0.1) is 0 Å². The lowest BCUT2D eigenvalue weighted by molar-refractivity contribution is 1.57. The molecule has 0 rings (SSSR count). The Labute approximate surface area is 156 Å². The molecule has 0 aliphatic rings. The van der Waals surface area contributed by atoms with Gasteiger partial charge in [0.2, 0.25) is 0 Å². The van der Waals surface area contributed by atoms with E-state index in [1.165, 1.54) is 10.6 Å². The molecule has 0 aliphatic heterocycles. The van der Waals surface area contributed by atoms with Crippen molar-refractivity contribution in [3.8, 4) is 0 Å². The Kier molecular flexibility index (Phi) is 12.7. The molecule has 0 amide bonds. The Balaban J connectivity index is 6.10. The fourth-order valence-corrected chi connectivity index (χ4v) is 6.70. The first-order chi connectivity index (χ1) is 12.0. The van der Waals surface area contributed by atoms with Gasteiger partial charge in [0, 0.05) is 7.04 Å². The number of nitrogens with one attached hydrogen (secondary N) is 1. The van der Waals surface area contributed by atoms with Crippen molar-refractivity contribution >= 4 is 22.1 Å². The zero-order valence-corrected chi connectivity index (χ0v) is 17.6. The summed E-state index contributed by atoms with van der Waals surface area (Å²) < 4.78 is 0. The molecule has 0 heterocycles. The molecular formula is C22H31NP2. The molecule has 0 spiro atoms. The molecule has 0 aromatic heterocycles. The van der Waals surface area contributed by atoms with Crippen LogP contribution in [-0.2, 0) is 0 Å². The van der Waals surface area contributed by atoms with Crippen molar-refractivity contribution < 1.29 is 0 Å². The molecule has 0 saturated heterocycles. The molecule has 3 heteroatoms. The molecule has 1 nitrogen and oxygen atoms in total. The molecule has 0 aromatic carbocycles. The van der Waals surface area contributed by atoms with Crippen LogP contribution >= 0.6 is 15.8 Å². The third-order valence-electron chi connectivity index (χ3n) is 3.24. The molecule has 0 aromatic rings. The standard InChI is InChI=1S/C22H31NP2/c1-8-14-19-21(13-6)25(7,22(17-11-4)18-12-5)23-24-20(15-9-2)16-10-3/h8-19,23-24H,1-2,4,7H2,3,5-6H3/b16-10-,18-12-,19-14-,20-15+,21-13+,22-17+. The van der Waals surface area contributed by atoms with Crippen LogP contribution in [0.4, 0.5) is 0 Å². The number of hydrogen-bond acceptors (Lipinski definition) is 1. The fourth-order valence-electron chi connectivity index (χ4n) is 2.10. The smallest absolute Gasteiger partial charge is 0.00311 e.